The van der Waals surface area contributed by atoms with Crippen LogP contribution in [-0.4, -0.2) is 17.3 Å². The van der Waals surface area contributed by atoms with Crippen LogP contribution in [0.15, 0.2) is 0 Å². The van der Waals surface area contributed by atoms with Crippen LogP contribution in [0.2, 0.25) is 13.1 Å². The van der Waals surface area contributed by atoms with Gasteiger partial charge in [-0.15, -0.1) is 11.1 Å². The van der Waals surface area contributed by atoms with Crippen LogP contribution in [-0.2, 0) is 14.5 Å². The van der Waals surface area contributed by atoms with E-state index >= 15 is 0 Å². The van der Waals surface area contributed by atoms with Crippen LogP contribution in [0.3, 0.4) is 0 Å². The molecule has 0 amide bonds. The summed E-state index contributed by atoms with van der Waals surface area (Å²) in [5, 5.41) is 0. The normalized spacial score (nSPS) is 10.5. The van der Waals surface area contributed by atoms with Gasteiger partial charge in [-0.05, 0) is 0 Å². The Morgan fingerprint density at radius 3 is 0.875 bits per heavy atom. The van der Waals surface area contributed by atoms with Gasteiger partial charge in [0.25, 0.3) is 0 Å². The number of rotatable bonds is 0. The minimum atomic E-state index is -1.42. The molecule has 0 aromatic carbocycles. The van der Waals surface area contributed by atoms with Crippen LogP contribution in [0.25, 0.3) is 11.5 Å². The van der Waals surface area contributed by atoms with Crippen molar-refractivity contribution in [2.24, 2.45) is 0 Å². The molecule has 0 radical (unpaired) electrons. The van der Waals surface area contributed by atoms with Crippen molar-refractivity contribution in [3.63, 3.8) is 0 Å². The Morgan fingerprint density at radius 2 is 0.875 bits per heavy atom. The summed E-state index contributed by atoms with van der Waals surface area (Å²) < 4.78 is 0. The van der Waals surface area contributed by atoms with Gasteiger partial charge in [-0.2, -0.15) is 0 Å². The van der Waals surface area contributed by atoms with Crippen LogP contribution >= 0.6 is 18.6 Å². The molecule has 0 bridgehead atoms. The number of hydrogen-bond acceptors (Lipinski definition) is 0. The zero-order chi connectivity index (χ0) is 14.2. The van der Waals surface area contributed by atoms with E-state index in [2.05, 4.69) is 13.1 Å². The van der Waals surface area contributed by atoms with E-state index in [9.17, 15) is 0 Å². The predicted octanol–water partition coefficient (Wildman–Crippen LogP) is 5.84. The maximum absolute atomic E-state index is 6.94. The topological polar surface area (TPSA) is 47.6 Å². The van der Waals surface area contributed by atoms with Gasteiger partial charge in [-0.1, -0.05) is 41.5 Å². The summed E-state index contributed by atoms with van der Waals surface area (Å²) in [7, 11) is 11.2. The van der Waals surface area contributed by atoms with Crippen molar-refractivity contribution in [1.82, 2.24) is 0 Å². The van der Waals surface area contributed by atoms with E-state index in [1.807, 2.05) is 41.5 Å². The van der Waals surface area contributed by atoms with E-state index in [-0.39, 0.29) is 17.3 Å². The molecule has 0 aliphatic heterocycles. The molecule has 0 spiro atoms. The quantitative estimate of drug-likeness (QED) is 0.503. The van der Waals surface area contributed by atoms with Crippen LogP contribution in [0.5, 0.6) is 0 Å². The minimum absolute atomic E-state index is 0.250. The summed E-state index contributed by atoms with van der Waals surface area (Å²) in [6.45, 7) is 15.4. The van der Waals surface area contributed by atoms with Gasteiger partial charge in [0.1, 0.15) is 0 Å². The van der Waals surface area contributed by atoms with Crippen molar-refractivity contribution >= 4 is 24.8 Å². The Kier molecular flexibility index (Phi) is 14.6. The predicted molar refractivity (Wildman–Crippen MR) is 77.3 cm³/mol. The van der Waals surface area contributed by atoms with Crippen molar-refractivity contribution in [1.29, 1.82) is 0 Å². The second kappa shape index (κ2) is 10.4. The van der Waals surface area contributed by atoms with Crippen molar-refractivity contribution in [3.05, 3.63) is 11.5 Å². The van der Waals surface area contributed by atoms with Gasteiger partial charge in [0.15, 0.2) is 0 Å². The molecular weight excluding hydrogens is 295 g/mol. The Labute approximate surface area is 116 Å². The molecule has 0 aliphatic carbocycles. The molecule has 0 fully saturated rings. The molecule has 0 aliphatic rings. The fourth-order valence-electron chi connectivity index (χ4n) is 0. The Balaban J connectivity index is -0.000000160. The van der Waals surface area contributed by atoms with Crippen LogP contribution in [0, 0.1) is 0 Å². The molecular formula is C10H26Cl2N2SiTi-2. The van der Waals surface area contributed by atoms with E-state index in [0.29, 0.717) is 0 Å². The monoisotopic (exact) mass is 320 g/mol. The fourth-order valence-corrected chi connectivity index (χ4v) is 0. The van der Waals surface area contributed by atoms with Gasteiger partial charge in [0, 0.05) is 0 Å². The summed E-state index contributed by atoms with van der Waals surface area (Å²) in [6, 6.07) is 0. The van der Waals surface area contributed by atoms with Gasteiger partial charge in [-0.25, -0.2) is 0 Å². The SMILES string of the molecule is CC(C)(C)[NH-].CC(C)(C)[NH-].C[Si](C)=[Ti]([Cl])[Cl]. The number of halogens is 2. The summed E-state index contributed by atoms with van der Waals surface area (Å²) in [6.07, 6.45) is -0.254. The fraction of sp³-hybridized carbons (Fsp3) is 1.00. The molecule has 100 valence electrons. The Hall–Kier alpha value is 1.43. The molecule has 2 N–H and O–H groups in total. The van der Waals surface area contributed by atoms with E-state index in [1.54, 1.807) is 0 Å². The molecule has 0 saturated heterocycles. The average Bonchev–Trinajstić information content (AvgIpc) is 1.77. The first-order valence-corrected chi connectivity index (χ1v) is 14.3. The van der Waals surface area contributed by atoms with Crippen molar-refractivity contribution < 1.29 is 14.5 Å². The standard InChI is InChI=1S/2C4H10N.C2H6Si.2ClH.Ti/c2*1-4(2,3)5;1-3-2;;;/h2*5H,1-3H3;1-2H3;2*1H;/q2*-1;;;;+2/p-2. The summed E-state index contributed by atoms with van der Waals surface area (Å²) >= 11 is -1.42. The molecule has 16 heavy (non-hydrogen) atoms. The number of nitrogens with one attached hydrogen (secondary N) is 2. The first-order valence-electron chi connectivity index (χ1n) is 5.13. The molecule has 0 aromatic rings. The van der Waals surface area contributed by atoms with Crippen molar-refractivity contribution in [2.45, 2.75) is 65.7 Å². The number of hydrogen-bond donors (Lipinski definition) is 0. The van der Waals surface area contributed by atoms with E-state index < -0.39 is 14.5 Å². The van der Waals surface area contributed by atoms with E-state index in [4.69, 9.17) is 30.1 Å². The van der Waals surface area contributed by atoms with Gasteiger partial charge in [0.2, 0.25) is 0 Å². The molecule has 6 heteroatoms. The second-order valence-corrected chi connectivity index (χ2v) is 21.8. The molecule has 0 heterocycles. The summed E-state index contributed by atoms with van der Waals surface area (Å²) in [5.41, 5.74) is 13.4. The maximum atomic E-state index is 6.94. The van der Waals surface area contributed by atoms with Crippen molar-refractivity contribution in [2.75, 3.05) is 0 Å². The van der Waals surface area contributed by atoms with Crippen molar-refractivity contribution in [3.8, 4) is 0 Å². The van der Waals surface area contributed by atoms with Crippen LogP contribution < -0.4 is 0 Å². The van der Waals surface area contributed by atoms with Gasteiger partial charge in [0.05, 0.1) is 0 Å². The molecule has 0 unspecified atom stereocenters. The molecule has 0 atom stereocenters. The van der Waals surface area contributed by atoms with E-state index in [1.165, 1.54) is 0 Å². The molecule has 0 aromatic heterocycles. The van der Waals surface area contributed by atoms with Gasteiger partial charge < -0.3 is 11.5 Å². The molecule has 2 nitrogen and oxygen atoms in total. The third kappa shape index (κ3) is 109. The zero-order valence-electron chi connectivity index (χ0n) is 11.8. The van der Waals surface area contributed by atoms with Gasteiger partial charge >= 0.3 is 52.4 Å². The Morgan fingerprint density at radius 1 is 0.812 bits per heavy atom. The average molecular weight is 321 g/mol. The van der Waals surface area contributed by atoms with E-state index in [0.717, 1.165) is 0 Å². The third-order valence-corrected chi connectivity index (χ3v) is 14.0. The second-order valence-electron chi connectivity index (χ2n) is 5.76. The van der Waals surface area contributed by atoms with Crippen LogP contribution in [0.1, 0.15) is 41.5 Å². The molecule has 0 saturated carbocycles. The summed E-state index contributed by atoms with van der Waals surface area (Å²) in [4.78, 5) is 0. The molecule has 0 rings (SSSR count). The summed E-state index contributed by atoms with van der Waals surface area (Å²) in [5.74, 6) is 0. The Bertz CT molecular complexity index is 166. The zero-order valence-corrected chi connectivity index (χ0v) is 15.8. The van der Waals surface area contributed by atoms with Crippen LogP contribution in [0.4, 0.5) is 0 Å². The first kappa shape index (κ1) is 22.6. The first-order chi connectivity index (χ1) is 6.64. The van der Waals surface area contributed by atoms with Gasteiger partial charge in [-0.3, -0.25) is 0 Å². The third-order valence-electron chi connectivity index (χ3n) is 0.378.